The summed E-state index contributed by atoms with van der Waals surface area (Å²) < 4.78 is 30.5. The van der Waals surface area contributed by atoms with Crippen LogP contribution in [-0.4, -0.2) is 19.5 Å². The minimum Gasteiger partial charge on any atom is -0.491 e. The smallest absolute Gasteiger partial charge is 0.199 e. The third kappa shape index (κ3) is 4.04. The number of pyridine rings is 1. The van der Waals surface area contributed by atoms with Gasteiger partial charge >= 0.3 is 0 Å². The number of benzene rings is 1. The molecule has 2 rings (SSSR count). The lowest BCUT2D eigenvalue weighted by Crippen LogP contribution is -2.11. The van der Waals surface area contributed by atoms with Crippen molar-refractivity contribution in [2.45, 2.75) is 37.7 Å². The van der Waals surface area contributed by atoms with Gasteiger partial charge in [-0.3, -0.25) is 0 Å². The van der Waals surface area contributed by atoms with Crippen LogP contribution in [0.3, 0.4) is 0 Å². The molecule has 2 aromatic rings. The Kier molecular flexibility index (Phi) is 4.63. The molecule has 0 aliphatic carbocycles. The molecule has 0 radical (unpaired) electrons. The molecule has 1 aromatic heterocycles. The summed E-state index contributed by atoms with van der Waals surface area (Å²) in [7, 11) is -3.48. The molecule has 0 saturated heterocycles. The maximum absolute atomic E-state index is 12.4. The van der Waals surface area contributed by atoms with Gasteiger partial charge in [-0.1, -0.05) is 24.3 Å². The summed E-state index contributed by atoms with van der Waals surface area (Å²) in [6, 6.07) is 10.5. The van der Waals surface area contributed by atoms with E-state index in [1.807, 2.05) is 26.8 Å². The van der Waals surface area contributed by atoms with Crippen LogP contribution in [0, 0.1) is 6.92 Å². The van der Waals surface area contributed by atoms with Crippen LogP contribution in [-0.2, 0) is 15.6 Å². The maximum Gasteiger partial charge on any atom is 0.199 e. The Hall–Kier alpha value is -1.88. The third-order valence-electron chi connectivity index (χ3n) is 2.88. The van der Waals surface area contributed by atoms with E-state index in [0.717, 1.165) is 5.56 Å². The minimum atomic E-state index is -3.48. The Morgan fingerprint density at radius 2 is 1.86 bits per heavy atom. The fraction of sp³-hybridized carbons (Fsp3) is 0.312. The molecule has 0 N–H and O–H groups in total. The van der Waals surface area contributed by atoms with E-state index in [1.54, 1.807) is 30.5 Å². The first-order valence-corrected chi connectivity index (χ1v) is 8.43. The van der Waals surface area contributed by atoms with Gasteiger partial charge in [0.2, 0.25) is 0 Å². The van der Waals surface area contributed by atoms with Gasteiger partial charge in [-0.2, -0.15) is 0 Å². The summed E-state index contributed by atoms with van der Waals surface area (Å²) in [6.07, 6.45) is 1.55. The van der Waals surface area contributed by atoms with Crippen molar-refractivity contribution < 1.29 is 13.2 Å². The molecule has 0 fully saturated rings. The Morgan fingerprint density at radius 1 is 1.14 bits per heavy atom. The largest absolute Gasteiger partial charge is 0.491 e. The SMILES string of the molecule is Cc1ccc(S(=O)(=O)Cc2ccccc2OC(C)C)nc1. The van der Waals surface area contributed by atoms with Gasteiger partial charge in [-0.05, 0) is 38.5 Å². The predicted octanol–water partition coefficient (Wildman–Crippen LogP) is 3.15. The predicted molar refractivity (Wildman–Crippen MR) is 82.1 cm³/mol. The molecule has 4 nitrogen and oxygen atoms in total. The molecule has 0 aliphatic rings. The molecule has 1 aromatic carbocycles. The Labute approximate surface area is 125 Å². The Morgan fingerprint density at radius 3 is 2.48 bits per heavy atom. The molecule has 5 heteroatoms. The number of rotatable bonds is 5. The minimum absolute atomic E-state index is 0.00801. The molecule has 0 aliphatic heterocycles. The first-order valence-electron chi connectivity index (χ1n) is 6.78. The molecule has 112 valence electrons. The van der Waals surface area contributed by atoms with Gasteiger partial charge in [-0.15, -0.1) is 0 Å². The summed E-state index contributed by atoms with van der Waals surface area (Å²) in [5, 5.41) is 0.0902. The van der Waals surface area contributed by atoms with E-state index >= 15 is 0 Å². The van der Waals surface area contributed by atoms with E-state index in [1.165, 1.54) is 6.07 Å². The first kappa shape index (κ1) is 15.5. The van der Waals surface area contributed by atoms with Gasteiger partial charge in [0.25, 0.3) is 0 Å². The molecule has 0 spiro atoms. The standard InChI is InChI=1S/C16H19NO3S/c1-12(2)20-15-7-5-4-6-14(15)11-21(18,19)16-9-8-13(3)10-17-16/h4-10,12H,11H2,1-3H3. The highest BCUT2D eigenvalue weighted by atomic mass is 32.2. The van der Waals surface area contributed by atoms with Crippen molar-refractivity contribution >= 4 is 9.84 Å². The van der Waals surface area contributed by atoms with Crippen LogP contribution in [0.1, 0.15) is 25.0 Å². The van der Waals surface area contributed by atoms with Crippen LogP contribution in [0.25, 0.3) is 0 Å². The number of hydrogen-bond donors (Lipinski definition) is 0. The summed E-state index contributed by atoms with van der Waals surface area (Å²) in [4.78, 5) is 4.01. The second-order valence-electron chi connectivity index (χ2n) is 5.21. The molecular weight excluding hydrogens is 286 g/mol. The van der Waals surface area contributed by atoms with Crippen LogP contribution in [0.15, 0.2) is 47.6 Å². The highest BCUT2D eigenvalue weighted by Gasteiger charge is 2.19. The van der Waals surface area contributed by atoms with Crippen molar-refractivity contribution in [3.8, 4) is 5.75 Å². The summed E-state index contributed by atoms with van der Waals surface area (Å²) in [5.41, 5.74) is 1.58. The first-order chi connectivity index (χ1) is 9.88. The topological polar surface area (TPSA) is 56.3 Å². The van der Waals surface area contributed by atoms with Crippen LogP contribution in [0.5, 0.6) is 5.75 Å². The fourth-order valence-corrected chi connectivity index (χ4v) is 3.19. The zero-order valence-corrected chi connectivity index (χ0v) is 13.2. The van der Waals surface area contributed by atoms with E-state index in [2.05, 4.69) is 4.98 Å². The van der Waals surface area contributed by atoms with Crippen molar-refractivity contribution in [2.24, 2.45) is 0 Å². The van der Waals surface area contributed by atoms with Crippen LogP contribution in [0.2, 0.25) is 0 Å². The molecule has 0 unspecified atom stereocenters. The lowest BCUT2D eigenvalue weighted by Gasteiger charge is -2.14. The molecule has 0 bridgehead atoms. The average molecular weight is 305 g/mol. The van der Waals surface area contributed by atoms with Crippen LogP contribution >= 0.6 is 0 Å². The number of hydrogen-bond acceptors (Lipinski definition) is 4. The van der Waals surface area contributed by atoms with Gasteiger partial charge in [0, 0.05) is 11.8 Å². The number of sulfone groups is 1. The number of ether oxygens (including phenoxy) is 1. The van der Waals surface area contributed by atoms with E-state index in [0.29, 0.717) is 11.3 Å². The number of aromatic nitrogens is 1. The Balaban J connectivity index is 2.30. The molecule has 0 amide bonds. The third-order valence-corrected chi connectivity index (χ3v) is 4.45. The van der Waals surface area contributed by atoms with Crippen molar-refractivity contribution in [2.75, 3.05) is 0 Å². The normalized spacial score (nSPS) is 11.6. The Bertz CT molecular complexity index is 707. The summed E-state index contributed by atoms with van der Waals surface area (Å²) >= 11 is 0. The second kappa shape index (κ2) is 6.26. The van der Waals surface area contributed by atoms with Gasteiger partial charge in [0.15, 0.2) is 14.9 Å². The van der Waals surface area contributed by atoms with E-state index in [-0.39, 0.29) is 16.9 Å². The quantitative estimate of drug-likeness (QED) is 0.851. The molecule has 0 atom stereocenters. The molecule has 21 heavy (non-hydrogen) atoms. The van der Waals surface area contributed by atoms with Crippen molar-refractivity contribution in [3.63, 3.8) is 0 Å². The highest BCUT2D eigenvalue weighted by molar-refractivity contribution is 7.90. The number of aryl methyl sites for hydroxylation is 1. The lowest BCUT2D eigenvalue weighted by atomic mass is 10.2. The lowest BCUT2D eigenvalue weighted by molar-refractivity contribution is 0.240. The van der Waals surface area contributed by atoms with E-state index in [4.69, 9.17) is 4.74 Å². The average Bonchev–Trinajstić information content (AvgIpc) is 2.40. The van der Waals surface area contributed by atoms with Gasteiger partial charge in [0.1, 0.15) is 5.75 Å². The van der Waals surface area contributed by atoms with Crippen molar-refractivity contribution in [1.29, 1.82) is 0 Å². The summed E-state index contributed by atoms with van der Waals surface area (Å²) in [6.45, 7) is 5.69. The van der Waals surface area contributed by atoms with Crippen LogP contribution < -0.4 is 4.74 Å². The number of para-hydroxylation sites is 1. The monoisotopic (exact) mass is 305 g/mol. The second-order valence-corrected chi connectivity index (χ2v) is 7.14. The fourth-order valence-electron chi connectivity index (χ4n) is 1.91. The van der Waals surface area contributed by atoms with E-state index in [9.17, 15) is 8.42 Å². The molecular formula is C16H19NO3S. The van der Waals surface area contributed by atoms with Crippen molar-refractivity contribution in [3.05, 3.63) is 53.7 Å². The van der Waals surface area contributed by atoms with Crippen molar-refractivity contribution in [1.82, 2.24) is 4.98 Å². The molecule has 1 heterocycles. The zero-order valence-electron chi connectivity index (χ0n) is 12.4. The zero-order chi connectivity index (χ0) is 15.5. The van der Waals surface area contributed by atoms with Crippen LogP contribution in [0.4, 0.5) is 0 Å². The number of nitrogens with zero attached hydrogens (tertiary/aromatic N) is 1. The molecule has 0 saturated carbocycles. The summed E-state index contributed by atoms with van der Waals surface area (Å²) in [5.74, 6) is 0.481. The van der Waals surface area contributed by atoms with Gasteiger partial charge in [-0.25, -0.2) is 13.4 Å². The maximum atomic E-state index is 12.4. The van der Waals surface area contributed by atoms with E-state index < -0.39 is 9.84 Å². The highest BCUT2D eigenvalue weighted by Crippen LogP contribution is 2.24. The van der Waals surface area contributed by atoms with Gasteiger partial charge < -0.3 is 4.74 Å². The van der Waals surface area contributed by atoms with Gasteiger partial charge in [0.05, 0.1) is 11.9 Å².